The summed E-state index contributed by atoms with van der Waals surface area (Å²) in [7, 11) is 1.87. The standard InChI is InChI=1S/C9H15NO/c1-8-9(2,3)6-5-7-11-10(8)4/h5,7H,1,6H2,2-4H3. The fraction of sp³-hybridized carbons (Fsp3) is 0.556. The third kappa shape index (κ3) is 1.56. The summed E-state index contributed by atoms with van der Waals surface area (Å²) in [6, 6.07) is 0. The molecule has 11 heavy (non-hydrogen) atoms. The van der Waals surface area contributed by atoms with Crippen molar-refractivity contribution in [1.29, 1.82) is 0 Å². The van der Waals surface area contributed by atoms with E-state index < -0.39 is 0 Å². The Labute approximate surface area is 68.1 Å². The van der Waals surface area contributed by atoms with Gasteiger partial charge in [0.05, 0.1) is 5.70 Å². The van der Waals surface area contributed by atoms with Gasteiger partial charge in [0.25, 0.3) is 0 Å². The minimum absolute atomic E-state index is 0.113. The van der Waals surface area contributed by atoms with Crippen LogP contribution in [0.5, 0.6) is 0 Å². The maximum Gasteiger partial charge on any atom is 0.115 e. The van der Waals surface area contributed by atoms with E-state index >= 15 is 0 Å². The molecule has 0 saturated carbocycles. The summed E-state index contributed by atoms with van der Waals surface area (Å²) in [5.41, 5.74) is 1.13. The van der Waals surface area contributed by atoms with Gasteiger partial charge in [-0.05, 0) is 12.5 Å². The Morgan fingerprint density at radius 2 is 2.27 bits per heavy atom. The van der Waals surface area contributed by atoms with Gasteiger partial charge < -0.3 is 4.84 Å². The first-order chi connectivity index (χ1) is 5.04. The van der Waals surface area contributed by atoms with Crippen molar-refractivity contribution in [3.8, 4) is 0 Å². The fourth-order valence-corrected chi connectivity index (χ4v) is 1.08. The van der Waals surface area contributed by atoms with Gasteiger partial charge in [-0.15, -0.1) is 0 Å². The largest absolute Gasteiger partial charge is 0.388 e. The highest BCUT2D eigenvalue weighted by atomic mass is 16.7. The minimum Gasteiger partial charge on any atom is -0.388 e. The van der Waals surface area contributed by atoms with Gasteiger partial charge in [-0.3, -0.25) is 0 Å². The van der Waals surface area contributed by atoms with E-state index in [0.29, 0.717) is 0 Å². The molecule has 0 bridgehead atoms. The third-order valence-electron chi connectivity index (χ3n) is 2.10. The van der Waals surface area contributed by atoms with Crippen LogP contribution in [0.3, 0.4) is 0 Å². The van der Waals surface area contributed by atoms with Gasteiger partial charge in [0.15, 0.2) is 0 Å². The summed E-state index contributed by atoms with van der Waals surface area (Å²) in [4.78, 5) is 5.20. The fourth-order valence-electron chi connectivity index (χ4n) is 1.08. The van der Waals surface area contributed by atoms with E-state index in [1.807, 2.05) is 13.1 Å². The summed E-state index contributed by atoms with van der Waals surface area (Å²) in [6.07, 6.45) is 4.71. The number of hydrogen-bond acceptors (Lipinski definition) is 2. The molecule has 0 spiro atoms. The van der Waals surface area contributed by atoms with Crippen LogP contribution < -0.4 is 0 Å². The second-order valence-electron chi connectivity index (χ2n) is 3.51. The molecular formula is C9H15NO. The van der Waals surface area contributed by atoms with E-state index in [1.54, 1.807) is 11.3 Å². The number of hydroxylamine groups is 2. The van der Waals surface area contributed by atoms with Gasteiger partial charge in [-0.25, -0.2) is 5.06 Å². The molecule has 0 atom stereocenters. The molecule has 62 valence electrons. The van der Waals surface area contributed by atoms with Crippen LogP contribution in [-0.2, 0) is 4.84 Å². The van der Waals surface area contributed by atoms with Crippen LogP contribution in [0.1, 0.15) is 20.3 Å². The molecular weight excluding hydrogens is 138 g/mol. The first-order valence-corrected chi connectivity index (χ1v) is 3.79. The zero-order chi connectivity index (χ0) is 8.48. The molecule has 1 rings (SSSR count). The van der Waals surface area contributed by atoms with E-state index in [1.165, 1.54) is 0 Å². The van der Waals surface area contributed by atoms with Crippen LogP contribution in [0, 0.1) is 5.41 Å². The number of hydrogen-bond donors (Lipinski definition) is 0. The molecule has 1 heterocycles. The summed E-state index contributed by atoms with van der Waals surface area (Å²) < 4.78 is 0. The Balaban J connectivity index is 2.82. The van der Waals surface area contributed by atoms with Gasteiger partial charge in [-0.2, -0.15) is 0 Å². The first-order valence-electron chi connectivity index (χ1n) is 3.79. The average molecular weight is 153 g/mol. The lowest BCUT2D eigenvalue weighted by Crippen LogP contribution is -2.24. The quantitative estimate of drug-likeness (QED) is 0.529. The van der Waals surface area contributed by atoms with Crippen molar-refractivity contribution < 1.29 is 4.84 Å². The zero-order valence-corrected chi connectivity index (χ0v) is 7.42. The molecule has 0 radical (unpaired) electrons. The molecule has 0 aromatic heterocycles. The second-order valence-corrected chi connectivity index (χ2v) is 3.51. The highest BCUT2D eigenvalue weighted by molar-refractivity contribution is 5.07. The summed E-state index contributed by atoms with van der Waals surface area (Å²) in [6.45, 7) is 8.28. The maximum absolute atomic E-state index is 5.20. The van der Waals surface area contributed by atoms with E-state index in [-0.39, 0.29) is 5.41 Å². The predicted octanol–water partition coefficient (Wildman–Crippen LogP) is 2.31. The highest BCUT2D eigenvalue weighted by Crippen LogP contribution is 2.33. The lowest BCUT2D eigenvalue weighted by Gasteiger charge is -2.29. The summed E-state index contributed by atoms with van der Waals surface area (Å²) in [5.74, 6) is 0. The Morgan fingerprint density at radius 3 is 2.91 bits per heavy atom. The molecule has 0 aromatic carbocycles. The van der Waals surface area contributed by atoms with Crippen molar-refractivity contribution in [2.75, 3.05) is 7.05 Å². The molecule has 0 amide bonds. The summed E-state index contributed by atoms with van der Waals surface area (Å²) >= 11 is 0. The van der Waals surface area contributed by atoms with E-state index in [0.717, 1.165) is 12.1 Å². The van der Waals surface area contributed by atoms with Crippen LogP contribution in [0.15, 0.2) is 24.6 Å². The first kappa shape index (κ1) is 8.18. The zero-order valence-electron chi connectivity index (χ0n) is 7.42. The van der Waals surface area contributed by atoms with E-state index in [9.17, 15) is 0 Å². The molecule has 1 aliphatic heterocycles. The highest BCUT2D eigenvalue weighted by Gasteiger charge is 2.25. The van der Waals surface area contributed by atoms with Crippen LogP contribution in [0.25, 0.3) is 0 Å². The minimum atomic E-state index is 0.113. The summed E-state index contributed by atoms with van der Waals surface area (Å²) in [5, 5.41) is 1.71. The Hall–Kier alpha value is -0.920. The van der Waals surface area contributed by atoms with Crippen LogP contribution >= 0.6 is 0 Å². The van der Waals surface area contributed by atoms with Gasteiger partial charge in [0.2, 0.25) is 0 Å². The van der Waals surface area contributed by atoms with Crippen LogP contribution in [0.2, 0.25) is 0 Å². The Morgan fingerprint density at radius 1 is 1.64 bits per heavy atom. The molecule has 0 saturated heterocycles. The van der Waals surface area contributed by atoms with Crippen molar-refractivity contribution in [2.24, 2.45) is 5.41 Å². The smallest absolute Gasteiger partial charge is 0.115 e. The van der Waals surface area contributed by atoms with Gasteiger partial charge in [-0.1, -0.05) is 20.4 Å². The third-order valence-corrected chi connectivity index (χ3v) is 2.10. The normalized spacial score (nSPS) is 22.8. The lowest BCUT2D eigenvalue weighted by molar-refractivity contribution is -0.0559. The predicted molar refractivity (Wildman–Crippen MR) is 45.5 cm³/mol. The number of nitrogens with zero attached hydrogens (tertiary/aromatic N) is 1. The van der Waals surface area contributed by atoms with Crippen molar-refractivity contribution in [1.82, 2.24) is 5.06 Å². The lowest BCUT2D eigenvalue weighted by atomic mass is 9.86. The average Bonchev–Trinajstić information content (AvgIpc) is 2.03. The molecule has 0 aliphatic carbocycles. The number of allylic oxidation sites excluding steroid dienone is 2. The SMILES string of the molecule is C=C1N(C)OC=CCC1(C)C. The topological polar surface area (TPSA) is 12.5 Å². The van der Waals surface area contributed by atoms with E-state index in [4.69, 9.17) is 4.84 Å². The molecule has 0 aromatic rings. The number of rotatable bonds is 0. The van der Waals surface area contributed by atoms with Crippen LogP contribution in [0.4, 0.5) is 0 Å². The van der Waals surface area contributed by atoms with Crippen molar-refractivity contribution in [2.45, 2.75) is 20.3 Å². The van der Waals surface area contributed by atoms with Gasteiger partial charge >= 0.3 is 0 Å². The van der Waals surface area contributed by atoms with Crippen molar-refractivity contribution in [3.05, 3.63) is 24.6 Å². The Kier molecular flexibility index (Phi) is 1.94. The van der Waals surface area contributed by atoms with Crippen molar-refractivity contribution in [3.63, 3.8) is 0 Å². The van der Waals surface area contributed by atoms with Crippen LogP contribution in [-0.4, -0.2) is 12.1 Å². The maximum atomic E-state index is 5.20. The molecule has 1 aliphatic rings. The monoisotopic (exact) mass is 153 g/mol. The molecule has 2 nitrogen and oxygen atoms in total. The molecule has 2 heteroatoms. The molecule has 0 fully saturated rings. The second kappa shape index (κ2) is 2.61. The molecule has 0 N–H and O–H groups in total. The molecule has 0 unspecified atom stereocenters. The van der Waals surface area contributed by atoms with Gasteiger partial charge in [0.1, 0.15) is 6.26 Å². The van der Waals surface area contributed by atoms with E-state index in [2.05, 4.69) is 20.4 Å². The Bertz CT molecular complexity index is 194. The van der Waals surface area contributed by atoms with Gasteiger partial charge in [0, 0.05) is 12.5 Å². The van der Waals surface area contributed by atoms with Crippen molar-refractivity contribution >= 4 is 0 Å².